The second kappa shape index (κ2) is 6.53. The molecule has 1 saturated heterocycles. The Balaban J connectivity index is 2.04. The molecular formula is C10H17NO4. The van der Waals surface area contributed by atoms with Crippen LogP contribution in [-0.4, -0.2) is 49.7 Å². The van der Waals surface area contributed by atoms with Gasteiger partial charge in [0.1, 0.15) is 0 Å². The van der Waals surface area contributed by atoms with Gasteiger partial charge in [0.2, 0.25) is 0 Å². The predicted octanol–water partition coefficient (Wildman–Crippen LogP) is 0.188. The van der Waals surface area contributed by atoms with Gasteiger partial charge in [-0.1, -0.05) is 0 Å². The lowest BCUT2D eigenvalue weighted by atomic mass is 10.3. The third-order valence-electron chi connectivity index (χ3n) is 2.22. The lowest BCUT2D eigenvalue weighted by Crippen LogP contribution is -2.37. The quantitative estimate of drug-likeness (QED) is 0.495. The molecule has 0 aromatic rings. The van der Waals surface area contributed by atoms with Crippen LogP contribution in [0.25, 0.3) is 0 Å². The van der Waals surface area contributed by atoms with Crippen LogP contribution in [0.3, 0.4) is 0 Å². The van der Waals surface area contributed by atoms with E-state index < -0.39 is 11.9 Å². The zero-order chi connectivity index (χ0) is 11.1. The van der Waals surface area contributed by atoms with Crippen LogP contribution in [-0.2, 0) is 19.1 Å². The Morgan fingerprint density at radius 2 is 2.00 bits per heavy atom. The lowest BCUT2D eigenvalue weighted by Gasteiger charge is -2.26. The van der Waals surface area contributed by atoms with E-state index in [0.29, 0.717) is 6.42 Å². The Morgan fingerprint density at radius 3 is 2.60 bits per heavy atom. The molecule has 0 atom stereocenters. The first-order valence-corrected chi connectivity index (χ1v) is 5.20. The monoisotopic (exact) mass is 215 g/mol. The minimum absolute atomic E-state index is 0.303. The second-order valence-corrected chi connectivity index (χ2v) is 3.52. The van der Waals surface area contributed by atoms with Crippen molar-refractivity contribution in [1.29, 1.82) is 0 Å². The zero-order valence-corrected chi connectivity index (χ0v) is 9.03. The standard InChI is InChI=1S/C10H17NO4/c1-9(12)15-10(13)3-2-4-11-5-7-14-8-6-11/h2-8H2,1H3. The van der Waals surface area contributed by atoms with Crippen LogP contribution in [0.2, 0.25) is 0 Å². The predicted molar refractivity (Wildman–Crippen MR) is 53.3 cm³/mol. The maximum atomic E-state index is 11.0. The molecule has 1 heterocycles. The van der Waals surface area contributed by atoms with Gasteiger partial charge in [0, 0.05) is 26.4 Å². The first kappa shape index (κ1) is 12.1. The highest BCUT2D eigenvalue weighted by molar-refractivity contribution is 5.83. The van der Waals surface area contributed by atoms with Gasteiger partial charge in [-0.15, -0.1) is 0 Å². The van der Waals surface area contributed by atoms with Crippen LogP contribution in [0.1, 0.15) is 19.8 Å². The minimum Gasteiger partial charge on any atom is -0.393 e. The largest absolute Gasteiger partial charge is 0.393 e. The third kappa shape index (κ3) is 5.49. The molecule has 0 N–H and O–H groups in total. The molecule has 86 valence electrons. The fourth-order valence-electron chi connectivity index (χ4n) is 1.48. The highest BCUT2D eigenvalue weighted by Gasteiger charge is 2.11. The van der Waals surface area contributed by atoms with Crippen LogP contribution >= 0.6 is 0 Å². The third-order valence-corrected chi connectivity index (χ3v) is 2.22. The van der Waals surface area contributed by atoms with Gasteiger partial charge in [0.25, 0.3) is 0 Å². The fraction of sp³-hybridized carbons (Fsp3) is 0.800. The number of nitrogens with zero attached hydrogens (tertiary/aromatic N) is 1. The molecule has 0 saturated carbocycles. The van der Waals surface area contributed by atoms with Crippen molar-refractivity contribution < 1.29 is 19.1 Å². The summed E-state index contributed by atoms with van der Waals surface area (Å²) >= 11 is 0. The molecular weight excluding hydrogens is 198 g/mol. The minimum atomic E-state index is -0.536. The lowest BCUT2D eigenvalue weighted by molar-refractivity contribution is -0.158. The number of esters is 2. The van der Waals surface area contributed by atoms with Gasteiger partial charge in [0.15, 0.2) is 0 Å². The van der Waals surface area contributed by atoms with Crippen LogP contribution in [0, 0.1) is 0 Å². The topological polar surface area (TPSA) is 55.8 Å². The number of hydrogen-bond donors (Lipinski definition) is 0. The van der Waals surface area contributed by atoms with E-state index in [1.807, 2.05) is 0 Å². The van der Waals surface area contributed by atoms with Crippen molar-refractivity contribution in [2.45, 2.75) is 19.8 Å². The van der Waals surface area contributed by atoms with Crippen molar-refractivity contribution >= 4 is 11.9 Å². The van der Waals surface area contributed by atoms with Crippen LogP contribution in [0.5, 0.6) is 0 Å². The number of hydrogen-bond acceptors (Lipinski definition) is 5. The van der Waals surface area contributed by atoms with E-state index in [-0.39, 0.29) is 0 Å². The normalized spacial score (nSPS) is 17.4. The molecule has 5 nitrogen and oxygen atoms in total. The van der Waals surface area contributed by atoms with E-state index >= 15 is 0 Å². The summed E-state index contributed by atoms with van der Waals surface area (Å²) in [5, 5.41) is 0. The number of carbonyl (C=O) groups excluding carboxylic acids is 2. The zero-order valence-electron chi connectivity index (χ0n) is 9.03. The summed E-state index contributed by atoms with van der Waals surface area (Å²) in [5.74, 6) is -0.970. The highest BCUT2D eigenvalue weighted by atomic mass is 16.6. The van der Waals surface area contributed by atoms with Crippen molar-refractivity contribution in [3.63, 3.8) is 0 Å². The molecule has 0 unspecified atom stereocenters. The Kier molecular flexibility index (Phi) is 5.28. The summed E-state index contributed by atoms with van der Waals surface area (Å²) < 4.78 is 9.62. The molecule has 0 bridgehead atoms. The van der Waals surface area contributed by atoms with Crippen LogP contribution < -0.4 is 0 Å². The fourth-order valence-corrected chi connectivity index (χ4v) is 1.48. The summed E-state index contributed by atoms with van der Waals surface area (Å²) in [6.45, 7) is 5.45. The molecule has 0 amide bonds. The van der Waals surface area contributed by atoms with Gasteiger partial charge in [-0.25, -0.2) is 0 Å². The Labute approximate surface area is 89.3 Å². The van der Waals surface area contributed by atoms with Crippen molar-refractivity contribution in [2.75, 3.05) is 32.8 Å². The van der Waals surface area contributed by atoms with Crippen LogP contribution in [0.15, 0.2) is 0 Å². The smallest absolute Gasteiger partial charge is 0.313 e. The summed E-state index contributed by atoms with van der Waals surface area (Å²) in [7, 11) is 0. The summed E-state index contributed by atoms with van der Waals surface area (Å²) in [6.07, 6.45) is 1.03. The first-order valence-electron chi connectivity index (χ1n) is 5.20. The molecule has 0 aliphatic carbocycles. The van der Waals surface area contributed by atoms with Gasteiger partial charge in [-0.2, -0.15) is 0 Å². The molecule has 1 rings (SSSR count). The van der Waals surface area contributed by atoms with Gasteiger partial charge in [0.05, 0.1) is 13.2 Å². The van der Waals surface area contributed by atoms with Crippen molar-refractivity contribution in [1.82, 2.24) is 4.90 Å². The second-order valence-electron chi connectivity index (χ2n) is 3.52. The molecule has 1 fully saturated rings. The molecule has 15 heavy (non-hydrogen) atoms. The Bertz CT molecular complexity index is 223. The maximum Gasteiger partial charge on any atom is 0.313 e. The van der Waals surface area contributed by atoms with Crippen LogP contribution in [0.4, 0.5) is 0 Å². The van der Waals surface area contributed by atoms with Gasteiger partial charge >= 0.3 is 11.9 Å². The number of rotatable bonds is 4. The molecule has 0 spiro atoms. The van der Waals surface area contributed by atoms with Crippen molar-refractivity contribution in [3.8, 4) is 0 Å². The summed E-state index contributed by atoms with van der Waals surface area (Å²) in [4.78, 5) is 23.7. The average Bonchev–Trinajstić information content (AvgIpc) is 2.18. The van der Waals surface area contributed by atoms with E-state index in [1.54, 1.807) is 0 Å². The van der Waals surface area contributed by atoms with Crippen molar-refractivity contribution in [3.05, 3.63) is 0 Å². The maximum absolute atomic E-state index is 11.0. The average molecular weight is 215 g/mol. The molecule has 0 aromatic heterocycles. The Hall–Kier alpha value is -0.940. The van der Waals surface area contributed by atoms with Crippen molar-refractivity contribution in [2.24, 2.45) is 0 Å². The molecule has 1 aliphatic heterocycles. The highest BCUT2D eigenvalue weighted by Crippen LogP contribution is 2.01. The van der Waals surface area contributed by atoms with Gasteiger partial charge in [-0.3, -0.25) is 14.5 Å². The number of carbonyl (C=O) groups is 2. The number of morpholine rings is 1. The summed E-state index contributed by atoms with van der Waals surface area (Å²) in [5.41, 5.74) is 0. The number of ether oxygens (including phenoxy) is 2. The first-order chi connectivity index (χ1) is 7.18. The van der Waals surface area contributed by atoms with E-state index in [2.05, 4.69) is 9.64 Å². The summed E-state index contributed by atoms with van der Waals surface area (Å²) in [6, 6.07) is 0. The van der Waals surface area contributed by atoms with E-state index in [4.69, 9.17) is 4.74 Å². The van der Waals surface area contributed by atoms with Gasteiger partial charge < -0.3 is 9.47 Å². The van der Waals surface area contributed by atoms with E-state index in [1.165, 1.54) is 6.92 Å². The molecule has 1 aliphatic rings. The van der Waals surface area contributed by atoms with E-state index in [9.17, 15) is 9.59 Å². The van der Waals surface area contributed by atoms with E-state index in [0.717, 1.165) is 39.3 Å². The molecule has 0 aromatic carbocycles. The van der Waals surface area contributed by atoms with Gasteiger partial charge in [-0.05, 0) is 13.0 Å². The molecule has 5 heteroatoms. The Morgan fingerprint density at radius 1 is 1.33 bits per heavy atom. The molecule has 0 radical (unpaired) electrons. The SMILES string of the molecule is CC(=O)OC(=O)CCCN1CCOCC1.